The van der Waals surface area contributed by atoms with Gasteiger partial charge in [-0.2, -0.15) is 5.10 Å². The van der Waals surface area contributed by atoms with Crippen molar-refractivity contribution in [2.24, 2.45) is 0 Å². The van der Waals surface area contributed by atoms with E-state index >= 15 is 0 Å². The fourth-order valence-corrected chi connectivity index (χ4v) is 4.52. The van der Waals surface area contributed by atoms with Crippen LogP contribution in [0, 0.1) is 5.82 Å². The number of rotatable bonds is 6. The zero-order valence-corrected chi connectivity index (χ0v) is 15.9. The van der Waals surface area contributed by atoms with Crippen LogP contribution in [-0.4, -0.2) is 23.6 Å². The number of aromatic amines is 1. The Labute approximate surface area is 164 Å². The Morgan fingerprint density at radius 1 is 1.04 bits per heavy atom. The van der Waals surface area contributed by atoms with Crippen molar-refractivity contribution < 1.29 is 12.8 Å². The number of thiazole rings is 1. The van der Waals surface area contributed by atoms with Crippen LogP contribution in [0.2, 0.25) is 0 Å². The molecular formula is C18H14FN5O2S2. The Balaban J connectivity index is 1.73. The summed E-state index contributed by atoms with van der Waals surface area (Å²) >= 11 is 1.11. The predicted molar refractivity (Wildman–Crippen MR) is 106 cm³/mol. The molecule has 0 fully saturated rings. The van der Waals surface area contributed by atoms with Gasteiger partial charge in [-0.3, -0.25) is 14.7 Å². The van der Waals surface area contributed by atoms with Crippen molar-refractivity contribution >= 4 is 43.7 Å². The first kappa shape index (κ1) is 18.1. The molecule has 0 atom stereocenters. The van der Waals surface area contributed by atoms with Crippen LogP contribution < -0.4 is 9.62 Å². The van der Waals surface area contributed by atoms with Crippen molar-refractivity contribution in [3.63, 3.8) is 0 Å². The molecule has 4 rings (SSSR count). The molecule has 2 heterocycles. The number of H-pyrrole nitrogens is 1. The van der Waals surface area contributed by atoms with E-state index in [-0.39, 0.29) is 5.13 Å². The van der Waals surface area contributed by atoms with Crippen LogP contribution in [0.5, 0.6) is 0 Å². The molecule has 0 aliphatic heterocycles. The van der Waals surface area contributed by atoms with Crippen LogP contribution in [-0.2, 0) is 10.0 Å². The number of hydrogen-bond donors (Lipinski definition) is 2. The highest BCUT2D eigenvalue weighted by Gasteiger charge is 2.22. The van der Waals surface area contributed by atoms with Crippen molar-refractivity contribution in [3.8, 4) is 0 Å². The topological polar surface area (TPSA) is 91.0 Å². The minimum absolute atomic E-state index is 0.173. The van der Waals surface area contributed by atoms with E-state index in [2.05, 4.69) is 19.9 Å². The molecule has 2 aromatic heterocycles. The van der Waals surface area contributed by atoms with Gasteiger partial charge in [0.1, 0.15) is 16.5 Å². The molecule has 0 spiro atoms. The summed E-state index contributed by atoms with van der Waals surface area (Å²) in [7, 11) is -4.09. The fourth-order valence-electron chi connectivity index (χ4n) is 2.67. The molecule has 0 amide bonds. The van der Waals surface area contributed by atoms with E-state index in [1.807, 2.05) is 30.3 Å². The quantitative estimate of drug-likeness (QED) is 0.491. The third kappa shape index (κ3) is 3.59. The number of nitrogens with one attached hydrogen (secondary N) is 2. The molecule has 0 saturated heterocycles. The molecule has 0 saturated carbocycles. The van der Waals surface area contributed by atoms with Crippen LogP contribution in [0.4, 0.5) is 26.7 Å². The first-order chi connectivity index (χ1) is 13.5. The second-order valence-corrected chi connectivity index (χ2v) is 8.22. The number of halogens is 1. The summed E-state index contributed by atoms with van der Waals surface area (Å²) in [5.74, 6) is -0.260. The average Bonchev–Trinajstić information content (AvgIpc) is 3.37. The fraction of sp³-hybridized carbons (Fsp3) is 0. The molecule has 0 aliphatic rings. The third-order valence-corrected chi connectivity index (χ3v) is 6.05. The van der Waals surface area contributed by atoms with Gasteiger partial charge in [-0.15, -0.1) is 11.3 Å². The number of hydrogen-bond acceptors (Lipinski definition) is 6. The summed E-state index contributed by atoms with van der Waals surface area (Å²) in [4.78, 5) is 5.14. The zero-order valence-electron chi connectivity index (χ0n) is 14.3. The van der Waals surface area contributed by atoms with Gasteiger partial charge in [0.15, 0.2) is 5.13 Å². The van der Waals surface area contributed by atoms with Gasteiger partial charge in [-0.05, 0) is 30.3 Å². The minimum atomic E-state index is -4.09. The highest BCUT2D eigenvalue weighted by atomic mass is 32.2. The summed E-state index contributed by atoms with van der Waals surface area (Å²) < 4.78 is 42.0. The number of nitrogens with zero attached hydrogens (tertiary/aromatic N) is 3. The average molecular weight is 415 g/mol. The van der Waals surface area contributed by atoms with Crippen molar-refractivity contribution in [1.82, 2.24) is 15.2 Å². The van der Waals surface area contributed by atoms with Gasteiger partial charge in [0.2, 0.25) is 0 Å². The zero-order chi connectivity index (χ0) is 19.6. The van der Waals surface area contributed by atoms with Crippen molar-refractivity contribution in [3.05, 3.63) is 78.2 Å². The summed E-state index contributed by atoms with van der Waals surface area (Å²) in [5, 5.41) is 8.58. The van der Waals surface area contributed by atoms with E-state index in [9.17, 15) is 12.8 Å². The highest BCUT2D eigenvalue weighted by molar-refractivity contribution is 7.93. The van der Waals surface area contributed by atoms with E-state index in [0.29, 0.717) is 11.5 Å². The van der Waals surface area contributed by atoms with Crippen LogP contribution >= 0.6 is 11.3 Å². The summed E-state index contributed by atoms with van der Waals surface area (Å²) in [6, 6.07) is 15.0. The number of aromatic nitrogens is 3. The summed E-state index contributed by atoms with van der Waals surface area (Å²) in [5.41, 5.74) is 1.21. The van der Waals surface area contributed by atoms with E-state index < -0.39 is 20.7 Å². The molecule has 0 unspecified atom stereocenters. The highest BCUT2D eigenvalue weighted by Crippen LogP contribution is 2.34. The molecular weight excluding hydrogens is 401 g/mol. The second kappa shape index (κ2) is 7.41. The van der Waals surface area contributed by atoms with E-state index in [1.54, 1.807) is 22.5 Å². The van der Waals surface area contributed by atoms with Crippen LogP contribution in [0.3, 0.4) is 0 Å². The van der Waals surface area contributed by atoms with Crippen molar-refractivity contribution in [2.45, 2.75) is 4.90 Å². The molecule has 2 aromatic carbocycles. The standard InChI is InChI=1S/C18H14FN5O2S2/c19-15-12-14(6-7-16(15)28(25,26)23-18-20-10-11-27-18)24(17-8-9-21-22-17)13-4-2-1-3-5-13/h1-12H,(H,20,23)(H,21,22). The largest absolute Gasteiger partial charge is 0.295 e. The summed E-state index contributed by atoms with van der Waals surface area (Å²) in [6.45, 7) is 0. The van der Waals surface area contributed by atoms with Crippen LogP contribution in [0.15, 0.2) is 77.3 Å². The summed E-state index contributed by atoms with van der Waals surface area (Å²) in [6.07, 6.45) is 3.04. The van der Waals surface area contributed by atoms with E-state index in [4.69, 9.17) is 0 Å². The number of anilines is 4. The third-order valence-electron chi connectivity index (χ3n) is 3.86. The van der Waals surface area contributed by atoms with Crippen LogP contribution in [0.25, 0.3) is 0 Å². The minimum Gasteiger partial charge on any atom is -0.295 e. The lowest BCUT2D eigenvalue weighted by atomic mass is 10.2. The lowest BCUT2D eigenvalue weighted by molar-refractivity contribution is 0.570. The molecule has 28 heavy (non-hydrogen) atoms. The van der Waals surface area contributed by atoms with Gasteiger partial charge in [0.05, 0.1) is 11.9 Å². The molecule has 0 bridgehead atoms. The predicted octanol–water partition coefficient (Wildman–Crippen LogP) is 4.28. The molecule has 0 radical (unpaired) electrons. The number of benzene rings is 2. The maximum Gasteiger partial charge on any atom is 0.266 e. The van der Waals surface area contributed by atoms with Gasteiger partial charge in [0.25, 0.3) is 10.0 Å². The first-order valence-corrected chi connectivity index (χ1v) is 10.5. The normalized spacial score (nSPS) is 11.3. The Bertz CT molecular complexity index is 1160. The Morgan fingerprint density at radius 3 is 2.50 bits per heavy atom. The Kier molecular flexibility index (Phi) is 4.80. The maximum atomic E-state index is 14.8. The monoisotopic (exact) mass is 415 g/mol. The molecule has 142 valence electrons. The van der Waals surface area contributed by atoms with Gasteiger partial charge >= 0.3 is 0 Å². The van der Waals surface area contributed by atoms with Gasteiger partial charge in [-0.25, -0.2) is 17.8 Å². The maximum absolute atomic E-state index is 14.8. The second-order valence-electron chi connectivity index (χ2n) is 5.67. The van der Waals surface area contributed by atoms with E-state index in [1.165, 1.54) is 24.4 Å². The lowest BCUT2D eigenvalue weighted by Crippen LogP contribution is -2.16. The number of para-hydroxylation sites is 1. The molecule has 0 aliphatic carbocycles. The number of sulfonamides is 1. The smallest absolute Gasteiger partial charge is 0.266 e. The van der Waals surface area contributed by atoms with Crippen molar-refractivity contribution in [2.75, 3.05) is 9.62 Å². The Hall–Kier alpha value is -3.24. The van der Waals surface area contributed by atoms with Crippen molar-refractivity contribution in [1.29, 1.82) is 0 Å². The molecule has 10 heteroatoms. The lowest BCUT2D eigenvalue weighted by Gasteiger charge is -2.23. The van der Waals surface area contributed by atoms with E-state index in [0.717, 1.165) is 17.0 Å². The first-order valence-electron chi connectivity index (χ1n) is 8.11. The van der Waals surface area contributed by atoms with Crippen LogP contribution in [0.1, 0.15) is 0 Å². The molecule has 7 nitrogen and oxygen atoms in total. The van der Waals surface area contributed by atoms with Gasteiger partial charge < -0.3 is 0 Å². The molecule has 2 N–H and O–H groups in total. The Morgan fingerprint density at radius 2 is 1.86 bits per heavy atom. The van der Waals surface area contributed by atoms with Gasteiger partial charge in [-0.1, -0.05) is 18.2 Å². The SMILES string of the molecule is O=S(=O)(Nc1nccs1)c1ccc(N(c2ccccc2)c2ccn[nH]2)cc1F. The van der Waals surface area contributed by atoms with Gasteiger partial charge in [0, 0.05) is 23.3 Å². The molecule has 4 aromatic rings.